The summed E-state index contributed by atoms with van der Waals surface area (Å²) in [5.74, 6) is 0. The van der Waals surface area contributed by atoms with Crippen molar-refractivity contribution in [2.75, 3.05) is 45.8 Å². The molecule has 2 heterocycles. The predicted octanol–water partition coefficient (Wildman–Crippen LogP) is 1.66. The topological polar surface area (TPSA) is 18.5 Å². The Bertz CT molecular complexity index is 353. The third-order valence-electron chi connectivity index (χ3n) is 4.25. The van der Waals surface area contributed by atoms with Crippen LogP contribution in [0.5, 0.6) is 0 Å². The molecular formula is C15H25N3S. The van der Waals surface area contributed by atoms with Crippen LogP contribution >= 0.6 is 11.3 Å². The van der Waals surface area contributed by atoms with Crippen LogP contribution in [-0.2, 0) is 6.42 Å². The van der Waals surface area contributed by atoms with Gasteiger partial charge in [-0.3, -0.25) is 9.80 Å². The number of rotatable bonds is 7. The van der Waals surface area contributed by atoms with Crippen molar-refractivity contribution >= 4 is 11.3 Å². The molecule has 0 spiro atoms. The minimum atomic E-state index is 0.950. The largest absolute Gasteiger partial charge is 0.315 e. The Hall–Kier alpha value is -0.420. The van der Waals surface area contributed by atoms with Gasteiger partial charge in [0.2, 0.25) is 0 Å². The van der Waals surface area contributed by atoms with Crippen LogP contribution in [-0.4, -0.2) is 61.7 Å². The summed E-state index contributed by atoms with van der Waals surface area (Å²) in [6, 6.07) is 3.18. The summed E-state index contributed by atoms with van der Waals surface area (Å²) in [6.45, 7) is 8.57. The smallest absolute Gasteiger partial charge is 0.0113 e. The maximum atomic E-state index is 3.57. The van der Waals surface area contributed by atoms with Crippen molar-refractivity contribution in [1.29, 1.82) is 0 Å². The zero-order valence-electron chi connectivity index (χ0n) is 11.7. The van der Waals surface area contributed by atoms with E-state index in [0.29, 0.717) is 0 Å². The minimum Gasteiger partial charge on any atom is -0.315 e. The summed E-state index contributed by atoms with van der Waals surface area (Å²) in [5, 5.41) is 7.98. The normalized spacial score (nSPS) is 21.9. The number of piperazine rings is 1. The molecule has 3 rings (SSSR count). The molecule has 0 aromatic carbocycles. The van der Waals surface area contributed by atoms with E-state index >= 15 is 0 Å². The van der Waals surface area contributed by atoms with Crippen molar-refractivity contribution in [2.24, 2.45) is 0 Å². The van der Waals surface area contributed by atoms with Gasteiger partial charge in [0.1, 0.15) is 0 Å². The van der Waals surface area contributed by atoms with Crippen LogP contribution in [0.15, 0.2) is 16.8 Å². The lowest BCUT2D eigenvalue weighted by Crippen LogP contribution is -2.48. The number of nitrogens with one attached hydrogen (secondary N) is 1. The molecule has 0 atom stereocenters. The Morgan fingerprint density at radius 2 is 2.00 bits per heavy atom. The van der Waals surface area contributed by atoms with Crippen LogP contribution in [0, 0.1) is 0 Å². The van der Waals surface area contributed by atoms with E-state index < -0.39 is 0 Å². The number of thiophene rings is 1. The maximum absolute atomic E-state index is 3.57. The molecule has 2 fully saturated rings. The average molecular weight is 279 g/mol. The average Bonchev–Trinajstić information content (AvgIpc) is 3.17. The highest BCUT2D eigenvalue weighted by molar-refractivity contribution is 7.07. The lowest BCUT2D eigenvalue weighted by molar-refractivity contribution is 0.127. The van der Waals surface area contributed by atoms with E-state index in [0.717, 1.165) is 19.1 Å². The number of hydrogen-bond acceptors (Lipinski definition) is 4. The van der Waals surface area contributed by atoms with Crippen molar-refractivity contribution in [3.63, 3.8) is 0 Å². The van der Waals surface area contributed by atoms with Crippen LogP contribution in [0.25, 0.3) is 0 Å². The Labute approximate surface area is 120 Å². The van der Waals surface area contributed by atoms with E-state index in [1.54, 1.807) is 11.3 Å². The van der Waals surface area contributed by atoms with Crippen molar-refractivity contribution in [1.82, 2.24) is 15.1 Å². The molecule has 1 saturated heterocycles. The fraction of sp³-hybridized carbons (Fsp3) is 0.733. The van der Waals surface area contributed by atoms with E-state index in [4.69, 9.17) is 0 Å². The number of nitrogens with zero attached hydrogens (tertiary/aromatic N) is 2. The highest BCUT2D eigenvalue weighted by atomic mass is 32.1. The van der Waals surface area contributed by atoms with Gasteiger partial charge in [-0.05, 0) is 48.2 Å². The SMILES string of the molecule is c1cc(CCNCCN2CCN(C3CC3)CC2)cs1. The molecule has 1 N–H and O–H groups in total. The third-order valence-corrected chi connectivity index (χ3v) is 4.98. The van der Waals surface area contributed by atoms with Gasteiger partial charge in [-0.1, -0.05) is 0 Å². The molecule has 1 aliphatic carbocycles. The minimum absolute atomic E-state index is 0.950. The molecule has 0 bridgehead atoms. The highest BCUT2D eigenvalue weighted by Crippen LogP contribution is 2.27. The standard InChI is InChI=1S/C15H25N3S/c1-2-15(1)18-10-8-17(9-11-18)7-6-16-5-3-14-4-12-19-13-14/h4,12-13,15-16H,1-3,5-11H2. The van der Waals surface area contributed by atoms with Crippen LogP contribution < -0.4 is 5.32 Å². The second-order valence-corrected chi connectivity index (χ2v) is 6.52. The monoisotopic (exact) mass is 279 g/mol. The molecule has 3 nitrogen and oxygen atoms in total. The van der Waals surface area contributed by atoms with Gasteiger partial charge in [-0.2, -0.15) is 11.3 Å². The van der Waals surface area contributed by atoms with Gasteiger partial charge < -0.3 is 5.32 Å². The molecule has 19 heavy (non-hydrogen) atoms. The molecule has 1 aliphatic heterocycles. The zero-order chi connectivity index (χ0) is 12.9. The second kappa shape index (κ2) is 6.84. The van der Waals surface area contributed by atoms with E-state index in [2.05, 4.69) is 31.9 Å². The lowest BCUT2D eigenvalue weighted by atomic mass is 10.2. The van der Waals surface area contributed by atoms with Crippen LogP contribution in [0.2, 0.25) is 0 Å². The molecule has 0 amide bonds. The van der Waals surface area contributed by atoms with Gasteiger partial charge >= 0.3 is 0 Å². The molecule has 2 aliphatic rings. The summed E-state index contributed by atoms with van der Waals surface area (Å²) >= 11 is 1.79. The quantitative estimate of drug-likeness (QED) is 0.766. The van der Waals surface area contributed by atoms with Crippen LogP contribution in [0.1, 0.15) is 18.4 Å². The molecule has 0 unspecified atom stereocenters. The summed E-state index contributed by atoms with van der Waals surface area (Å²) < 4.78 is 0. The lowest BCUT2D eigenvalue weighted by Gasteiger charge is -2.34. The Kier molecular flexibility index (Phi) is 4.88. The summed E-state index contributed by atoms with van der Waals surface area (Å²) in [4.78, 5) is 5.29. The Balaban J connectivity index is 1.22. The van der Waals surface area contributed by atoms with Gasteiger partial charge in [0.05, 0.1) is 0 Å². The van der Waals surface area contributed by atoms with E-state index in [-0.39, 0.29) is 0 Å². The second-order valence-electron chi connectivity index (χ2n) is 5.74. The number of hydrogen-bond donors (Lipinski definition) is 1. The molecule has 1 aromatic heterocycles. The Morgan fingerprint density at radius 1 is 1.16 bits per heavy atom. The van der Waals surface area contributed by atoms with Gasteiger partial charge in [0.15, 0.2) is 0 Å². The first-order valence-electron chi connectivity index (χ1n) is 7.60. The summed E-state index contributed by atoms with van der Waals surface area (Å²) in [6.07, 6.45) is 4.06. The van der Waals surface area contributed by atoms with Gasteiger partial charge in [0, 0.05) is 45.3 Å². The first-order valence-corrected chi connectivity index (χ1v) is 8.54. The fourth-order valence-corrected chi connectivity index (χ4v) is 3.52. The molecule has 106 valence electrons. The molecule has 1 aromatic rings. The molecule has 4 heteroatoms. The highest BCUT2D eigenvalue weighted by Gasteiger charge is 2.30. The van der Waals surface area contributed by atoms with Crippen molar-refractivity contribution in [3.05, 3.63) is 22.4 Å². The summed E-state index contributed by atoms with van der Waals surface area (Å²) in [7, 11) is 0. The van der Waals surface area contributed by atoms with Gasteiger partial charge in [0.25, 0.3) is 0 Å². The van der Waals surface area contributed by atoms with E-state index in [9.17, 15) is 0 Å². The first-order chi connectivity index (χ1) is 9.42. The van der Waals surface area contributed by atoms with E-state index in [1.807, 2.05) is 0 Å². The van der Waals surface area contributed by atoms with Crippen LogP contribution in [0.3, 0.4) is 0 Å². The molecule has 1 saturated carbocycles. The van der Waals surface area contributed by atoms with Crippen LogP contribution in [0.4, 0.5) is 0 Å². The van der Waals surface area contributed by atoms with Crippen molar-refractivity contribution in [2.45, 2.75) is 25.3 Å². The molecule has 0 radical (unpaired) electrons. The first kappa shape index (κ1) is 13.6. The van der Waals surface area contributed by atoms with Gasteiger partial charge in [-0.25, -0.2) is 0 Å². The van der Waals surface area contributed by atoms with E-state index in [1.165, 1.54) is 57.5 Å². The molecular weight excluding hydrogens is 254 g/mol. The predicted molar refractivity (Wildman–Crippen MR) is 81.9 cm³/mol. The zero-order valence-corrected chi connectivity index (χ0v) is 12.5. The fourth-order valence-electron chi connectivity index (χ4n) is 2.82. The maximum Gasteiger partial charge on any atom is 0.0113 e. The van der Waals surface area contributed by atoms with Crippen molar-refractivity contribution in [3.8, 4) is 0 Å². The van der Waals surface area contributed by atoms with Gasteiger partial charge in [-0.15, -0.1) is 0 Å². The summed E-state index contributed by atoms with van der Waals surface area (Å²) in [5.41, 5.74) is 1.47. The third kappa shape index (κ3) is 4.28. The van der Waals surface area contributed by atoms with Crippen molar-refractivity contribution < 1.29 is 0 Å². The Morgan fingerprint density at radius 3 is 2.68 bits per heavy atom.